The van der Waals surface area contributed by atoms with Crippen LogP contribution in [0.4, 0.5) is 5.69 Å². The molecule has 1 aromatic heterocycles. The van der Waals surface area contributed by atoms with Gasteiger partial charge in [0.15, 0.2) is 0 Å². The Morgan fingerprint density at radius 3 is 2.59 bits per heavy atom. The summed E-state index contributed by atoms with van der Waals surface area (Å²) in [6.07, 6.45) is 2.23. The molecule has 2 aromatic rings. The van der Waals surface area contributed by atoms with Gasteiger partial charge in [0.2, 0.25) is 0 Å². The smallest absolute Gasteiger partial charge is 0.123 e. The Morgan fingerprint density at radius 1 is 1.18 bits per heavy atom. The molecule has 1 fully saturated rings. The normalized spacial score (nSPS) is 22.2. The van der Waals surface area contributed by atoms with Crippen LogP contribution in [0.2, 0.25) is 0 Å². The number of ether oxygens (including phenoxy) is 1. The lowest BCUT2D eigenvalue weighted by atomic mass is 10.0. The molecule has 2 unspecified atom stereocenters. The first-order chi connectivity index (χ1) is 10.6. The van der Waals surface area contributed by atoms with Gasteiger partial charge in [-0.1, -0.05) is 12.1 Å². The standard InChI is InChI=1S/C17H24N4O/c1-11-14(15-9-19-10-16(22-15)21(2)3)8-20-17(11)12-4-6-13(18)7-5-12/h4-8,15-16,19-20H,9-10,18H2,1-3H3. The van der Waals surface area contributed by atoms with E-state index in [-0.39, 0.29) is 12.3 Å². The molecular formula is C17H24N4O. The molecule has 5 nitrogen and oxygen atoms in total. The lowest BCUT2D eigenvalue weighted by molar-refractivity contribution is -0.103. The first kappa shape index (κ1) is 15.1. The number of nitrogens with one attached hydrogen (secondary N) is 2. The van der Waals surface area contributed by atoms with E-state index in [1.807, 2.05) is 38.4 Å². The highest BCUT2D eigenvalue weighted by atomic mass is 16.5. The maximum Gasteiger partial charge on any atom is 0.123 e. The fraction of sp³-hybridized carbons (Fsp3) is 0.412. The zero-order chi connectivity index (χ0) is 15.7. The van der Waals surface area contributed by atoms with Crippen LogP contribution in [0.3, 0.4) is 0 Å². The molecule has 0 saturated carbocycles. The number of nitrogens with two attached hydrogens (primary N) is 1. The predicted molar refractivity (Wildman–Crippen MR) is 89.5 cm³/mol. The topological polar surface area (TPSA) is 66.3 Å². The zero-order valence-electron chi connectivity index (χ0n) is 13.4. The average Bonchev–Trinajstić information content (AvgIpc) is 2.90. The Hall–Kier alpha value is -1.82. The summed E-state index contributed by atoms with van der Waals surface area (Å²) in [7, 11) is 4.08. The third-order valence-corrected chi connectivity index (χ3v) is 4.27. The Morgan fingerprint density at radius 2 is 1.91 bits per heavy atom. The minimum atomic E-state index is 0.0694. The maximum absolute atomic E-state index is 6.21. The number of nitrogen functional groups attached to an aromatic ring is 1. The van der Waals surface area contributed by atoms with Crippen molar-refractivity contribution in [2.45, 2.75) is 19.3 Å². The van der Waals surface area contributed by atoms with E-state index in [2.05, 4.69) is 28.3 Å². The number of morpholine rings is 1. The van der Waals surface area contributed by atoms with Gasteiger partial charge in [0.05, 0.1) is 6.10 Å². The van der Waals surface area contributed by atoms with Crippen molar-refractivity contribution in [2.75, 3.05) is 32.9 Å². The van der Waals surface area contributed by atoms with E-state index in [4.69, 9.17) is 10.5 Å². The summed E-state index contributed by atoms with van der Waals surface area (Å²) < 4.78 is 6.21. The number of benzene rings is 1. The minimum absolute atomic E-state index is 0.0694. The minimum Gasteiger partial charge on any atom is -0.399 e. The van der Waals surface area contributed by atoms with E-state index in [1.54, 1.807) is 0 Å². The third-order valence-electron chi connectivity index (χ3n) is 4.27. The largest absolute Gasteiger partial charge is 0.399 e. The fourth-order valence-corrected chi connectivity index (χ4v) is 2.91. The number of rotatable bonds is 3. The molecule has 5 heteroatoms. The number of aromatic nitrogens is 1. The molecular weight excluding hydrogens is 276 g/mol. The van der Waals surface area contributed by atoms with Crippen LogP contribution in [-0.4, -0.2) is 43.3 Å². The molecule has 3 rings (SSSR count). The van der Waals surface area contributed by atoms with E-state index in [1.165, 1.54) is 11.1 Å². The van der Waals surface area contributed by atoms with Crippen LogP contribution in [-0.2, 0) is 4.74 Å². The van der Waals surface area contributed by atoms with Gasteiger partial charge in [-0.25, -0.2) is 0 Å². The van der Waals surface area contributed by atoms with E-state index >= 15 is 0 Å². The van der Waals surface area contributed by atoms with E-state index < -0.39 is 0 Å². The first-order valence-electron chi connectivity index (χ1n) is 7.62. The molecule has 0 amide bonds. The van der Waals surface area contributed by atoms with E-state index in [0.29, 0.717) is 0 Å². The quantitative estimate of drug-likeness (QED) is 0.760. The maximum atomic E-state index is 6.21. The number of H-pyrrole nitrogens is 1. The number of aromatic amines is 1. The summed E-state index contributed by atoms with van der Waals surface area (Å²) in [6, 6.07) is 7.94. The van der Waals surface area contributed by atoms with Gasteiger partial charge in [0, 0.05) is 36.2 Å². The number of nitrogens with zero attached hydrogens (tertiary/aromatic N) is 1. The van der Waals surface area contributed by atoms with Crippen molar-refractivity contribution in [3.8, 4) is 11.3 Å². The van der Waals surface area contributed by atoms with Gasteiger partial charge in [0.1, 0.15) is 6.23 Å². The highest BCUT2D eigenvalue weighted by molar-refractivity contribution is 5.67. The molecule has 1 aromatic carbocycles. The van der Waals surface area contributed by atoms with Crippen LogP contribution in [0, 0.1) is 6.92 Å². The predicted octanol–water partition coefficient (Wildman–Crippen LogP) is 2.12. The highest BCUT2D eigenvalue weighted by Crippen LogP contribution is 2.31. The van der Waals surface area contributed by atoms with Gasteiger partial charge in [-0.05, 0) is 44.3 Å². The summed E-state index contributed by atoms with van der Waals surface area (Å²) in [5.74, 6) is 0. The van der Waals surface area contributed by atoms with Crippen molar-refractivity contribution in [1.29, 1.82) is 0 Å². The van der Waals surface area contributed by atoms with Crippen molar-refractivity contribution in [3.05, 3.63) is 41.6 Å². The molecule has 2 heterocycles. The monoisotopic (exact) mass is 300 g/mol. The van der Waals surface area contributed by atoms with Gasteiger partial charge >= 0.3 is 0 Å². The van der Waals surface area contributed by atoms with E-state index in [0.717, 1.165) is 30.0 Å². The number of hydrogen-bond acceptors (Lipinski definition) is 4. The number of hydrogen-bond donors (Lipinski definition) is 3. The van der Waals surface area contributed by atoms with Gasteiger partial charge in [-0.2, -0.15) is 0 Å². The molecule has 0 bridgehead atoms. The number of likely N-dealkylation sites (N-methyl/N-ethyl adjacent to an activating group) is 1. The van der Waals surface area contributed by atoms with Crippen LogP contribution in [0.25, 0.3) is 11.3 Å². The second-order valence-electron chi connectivity index (χ2n) is 6.07. The molecule has 2 atom stereocenters. The summed E-state index contributed by atoms with van der Waals surface area (Å²) in [4.78, 5) is 5.49. The van der Waals surface area contributed by atoms with Crippen molar-refractivity contribution < 1.29 is 4.74 Å². The average molecular weight is 300 g/mol. The van der Waals surface area contributed by atoms with Gasteiger partial charge in [-0.3, -0.25) is 4.90 Å². The van der Waals surface area contributed by atoms with Crippen LogP contribution in [0.5, 0.6) is 0 Å². The van der Waals surface area contributed by atoms with Crippen LogP contribution in [0.15, 0.2) is 30.5 Å². The lowest BCUT2D eigenvalue weighted by Gasteiger charge is -2.34. The van der Waals surface area contributed by atoms with Gasteiger partial charge in [0.25, 0.3) is 0 Å². The third kappa shape index (κ3) is 2.88. The molecule has 0 aliphatic carbocycles. The molecule has 1 aliphatic heterocycles. The van der Waals surface area contributed by atoms with Crippen molar-refractivity contribution >= 4 is 5.69 Å². The van der Waals surface area contributed by atoms with Crippen molar-refractivity contribution in [3.63, 3.8) is 0 Å². The Bertz CT molecular complexity index is 633. The van der Waals surface area contributed by atoms with Gasteiger partial charge in [-0.15, -0.1) is 0 Å². The summed E-state index contributed by atoms with van der Waals surface area (Å²) in [5, 5.41) is 3.45. The van der Waals surface area contributed by atoms with Crippen molar-refractivity contribution in [2.24, 2.45) is 0 Å². The van der Waals surface area contributed by atoms with Crippen LogP contribution >= 0.6 is 0 Å². The van der Waals surface area contributed by atoms with E-state index in [9.17, 15) is 0 Å². The SMILES string of the molecule is Cc1c(C2CNCC(N(C)C)O2)c[nH]c1-c1ccc(N)cc1. The highest BCUT2D eigenvalue weighted by Gasteiger charge is 2.27. The Labute approximate surface area is 131 Å². The summed E-state index contributed by atoms with van der Waals surface area (Å²) >= 11 is 0. The molecule has 1 saturated heterocycles. The first-order valence-corrected chi connectivity index (χ1v) is 7.62. The number of anilines is 1. The molecule has 0 spiro atoms. The molecule has 22 heavy (non-hydrogen) atoms. The summed E-state index contributed by atoms with van der Waals surface area (Å²) in [5.41, 5.74) is 11.3. The molecule has 0 radical (unpaired) electrons. The van der Waals surface area contributed by atoms with Crippen molar-refractivity contribution in [1.82, 2.24) is 15.2 Å². The second kappa shape index (κ2) is 6.12. The van der Waals surface area contributed by atoms with Crippen LogP contribution in [0.1, 0.15) is 17.2 Å². The molecule has 118 valence electrons. The fourth-order valence-electron chi connectivity index (χ4n) is 2.91. The second-order valence-corrected chi connectivity index (χ2v) is 6.07. The van der Waals surface area contributed by atoms with Gasteiger partial charge < -0.3 is 20.8 Å². The van der Waals surface area contributed by atoms with Crippen LogP contribution < -0.4 is 11.1 Å². The Balaban J connectivity index is 1.85. The zero-order valence-corrected chi connectivity index (χ0v) is 13.4. The molecule has 4 N–H and O–H groups in total. The summed E-state index contributed by atoms with van der Waals surface area (Å²) in [6.45, 7) is 3.84. The Kier molecular flexibility index (Phi) is 4.20. The molecule has 1 aliphatic rings. The lowest BCUT2D eigenvalue weighted by Crippen LogP contribution is -2.47.